The lowest BCUT2D eigenvalue weighted by Gasteiger charge is -2.35. The van der Waals surface area contributed by atoms with E-state index in [0.717, 1.165) is 18.6 Å². The first-order chi connectivity index (χ1) is 17.4. The van der Waals surface area contributed by atoms with Gasteiger partial charge in [0.15, 0.2) is 0 Å². The number of carbonyl (C=O) groups excluding carboxylic acids is 1. The molecule has 2 atom stereocenters. The Labute approximate surface area is 206 Å². The van der Waals surface area contributed by atoms with Gasteiger partial charge in [-0.2, -0.15) is 31.4 Å². The van der Waals surface area contributed by atoms with Crippen molar-refractivity contribution >= 4 is 17.5 Å². The van der Waals surface area contributed by atoms with E-state index in [1.165, 1.54) is 0 Å². The van der Waals surface area contributed by atoms with Crippen molar-refractivity contribution in [3.8, 4) is 0 Å². The molecule has 1 amide bonds. The Hall–Kier alpha value is -3.43. The number of anilines is 2. The minimum Gasteiger partial charge on any atom is -0.380 e. The molecule has 16 heteroatoms. The second-order valence-electron chi connectivity index (χ2n) is 8.67. The fourth-order valence-corrected chi connectivity index (χ4v) is 4.23. The number of hydrogen-bond acceptors (Lipinski definition) is 8. The zero-order valence-electron chi connectivity index (χ0n) is 19.3. The molecule has 0 radical (unpaired) electrons. The third-order valence-corrected chi connectivity index (χ3v) is 6.14. The molecule has 0 aliphatic carbocycles. The molecule has 202 valence electrons. The standard InChI is InChI=1S/C21H23F6N7O3/c22-20(23,24)12-8-29-19(30-9-12)34-5-3-33(4-6-34)16(35)7-13-1-2-14(37-13)10-28-15-11-31-32-18(36)17(15)21(25,26)27/h8-9,11,13-14H,1-7,10H2,(H2,28,32,36)/t13-,14+/m0/s1. The van der Waals surface area contributed by atoms with Gasteiger partial charge in [-0.1, -0.05) is 0 Å². The SMILES string of the molecule is O=C(C[C@@H]1CC[C@H](CNc2cn[nH]c(=O)c2C(F)(F)F)O1)N1CCN(c2ncc(C(F)(F)F)cn2)CC1. The van der Waals surface area contributed by atoms with Gasteiger partial charge in [0.25, 0.3) is 5.56 Å². The number of nitrogens with zero attached hydrogens (tertiary/aromatic N) is 5. The lowest BCUT2D eigenvalue weighted by atomic mass is 10.1. The van der Waals surface area contributed by atoms with Crippen molar-refractivity contribution in [2.45, 2.75) is 43.8 Å². The van der Waals surface area contributed by atoms with Gasteiger partial charge in [0.2, 0.25) is 11.9 Å². The highest BCUT2D eigenvalue weighted by Crippen LogP contribution is 2.32. The first-order valence-electron chi connectivity index (χ1n) is 11.4. The predicted molar refractivity (Wildman–Crippen MR) is 117 cm³/mol. The Morgan fingerprint density at radius 2 is 1.65 bits per heavy atom. The van der Waals surface area contributed by atoms with E-state index in [-0.39, 0.29) is 24.8 Å². The van der Waals surface area contributed by atoms with Crippen LogP contribution in [-0.4, -0.2) is 75.9 Å². The zero-order valence-corrected chi connectivity index (χ0v) is 19.3. The number of hydrogen-bond donors (Lipinski definition) is 2. The number of aromatic amines is 1. The lowest BCUT2D eigenvalue weighted by molar-refractivity contribution is -0.139. The Bertz CT molecular complexity index is 1150. The van der Waals surface area contributed by atoms with Gasteiger partial charge in [-0.3, -0.25) is 9.59 Å². The van der Waals surface area contributed by atoms with Gasteiger partial charge >= 0.3 is 12.4 Å². The molecule has 0 bridgehead atoms. The summed E-state index contributed by atoms with van der Waals surface area (Å²) in [5.74, 6) is -0.0106. The van der Waals surface area contributed by atoms with Gasteiger partial charge in [-0.15, -0.1) is 0 Å². The first kappa shape index (κ1) is 26.6. The molecule has 4 rings (SSSR count). The zero-order chi connectivity index (χ0) is 26.8. The topological polar surface area (TPSA) is 116 Å². The van der Waals surface area contributed by atoms with Gasteiger partial charge < -0.3 is 19.9 Å². The lowest BCUT2D eigenvalue weighted by Crippen LogP contribution is -2.49. The fraction of sp³-hybridized carbons (Fsp3) is 0.571. The largest absolute Gasteiger partial charge is 0.423 e. The summed E-state index contributed by atoms with van der Waals surface area (Å²) in [5.41, 5.74) is -4.11. The van der Waals surface area contributed by atoms with Crippen LogP contribution in [0.1, 0.15) is 30.4 Å². The van der Waals surface area contributed by atoms with Crippen LogP contribution < -0.4 is 15.8 Å². The number of aromatic nitrogens is 4. The number of rotatable bonds is 6. The van der Waals surface area contributed by atoms with Gasteiger partial charge in [-0.05, 0) is 12.8 Å². The molecule has 2 aliphatic heterocycles. The molecule has 0 spiro atoms. The summed E-state index contributed by atoms with van der Waals surface area (Å²) in [6, 6.07) is 0. The minimum atomic E-state index is -4.85. The second-order valence-corrected chi connectivity index (χ2v) is 8.67. The fourth-order valence-electron chi connectivity index (χ4n) is 4.23. The normalized spacial score (nSPS) is 20.8. The second kappa shape index (κ2) is 10.5. The monoisotopic (exact) mass is 535 g/mol. The molecule has 2 N–H and O–H groups in total. The number of alkyl halides is 6. The van der Waals surface area contributed by atoms with Crippen LogP contribution in [0.4, 0.5) is 38.0 Å². The molecule has 4 heterocycles. The van der Waals surface area contributed by atoms with E-state index >= 15 is 0 Å². The van der Waals surface area contributed by atoms with E-state index < -0.39 is 46.9 Å². The maximum atomic E-state index is 13.2. The highest BCUT2D eigenvalue weighted by Gasteiger charge is 2.38. The van der Waals surface area contributed by atoms with E-state index in [1.54, 1.807) is 14.9 Å². The summed E-state index contributed by atoms with van der Waals surface area (Å²) < 4.78 is 83.3. The highest BCUT2D eigenvalue weighted by molar-refractivity contribution is 5.77. The molecule has 10 nitrogen and oxygen atoms in total. The molecule has 2 aromatic rings. The van der Waals surface area contributed by atoms with Crippen molar-refractivity contribution in [2.24, 2.45) is 0 Å². The van der Waals surface area contributed by atoms with Gasteiger partial charge in [0.1, 0.15) is 5.56 Å². The summed E-state index contributed by atoms with van der Waals surface area (Å²) in [5, 5.41) is 7.73. The number of piperazine rings is 1. The summed E-state index contributed by atoms with van der Waals surface area (Å²) in [6.45, 7) is 1.36. The number of nitrogens with one attached hydrogen (secondary N) is 2. The van der Waals surface area contributed by atoms with Gasteiger partial charge in [0.05, 0.1) is 36.1 Å². The van der Waals surface area contributed by atoms with Crippen LogP contribution in [0.5, 0.6) is 0 Å². The molecular formula is C21H23F6N7O3. The number of halogens is 6. The van der Waals surface area contributed by atoms with Crippen LogP contribution in [0, 0.1) is 0 Å². The quantitative estimate of drug-likeness (QED) is 0.542. The molecule has 0 aromatic carbocycles. The van der Waals surface area contributed by atoms with E-state index in [0.29, 0.717) is 39.0 Å². The molecule has 2 aliphatic rings. The van der Waals surface area contributed by atoms with Crippen LogP contribution in [-0.2, 0) is 21.9 Å². The van der Waals surface area contributed by atoms with Gasteiger partial charge in [-0.25, -0.2) is 15.1 Å². The highest BCUT2D eigenvalue weighted by atomic mass is 19.4. The van der Waals surface area contributed by atoms with E-state index in [2.05, 4.69) is 20.4 Å². The number of amides is 1. The summed E-state index contributed by atoms with van der Waals surface area (Å²) in [4.78, 5) is 35.1. The molecule has 0 saturated carbocycles. The molecule has 0 unspecified atom stereocenters. The third-order valence-electron chi connectivity index (χ3n) is 6.14. The molecule has 2 fully saturated rings. The Morgan fingerprint density at radius 1 is 1.00 bits per heavy atom. The van der Waals surface area contributed by atoms with Crippen molar-refractivity contribution < 1.29 is 35.9 Å². The van der Waals surface area contributed by atoms with E-state index in [1.807, 2.05) is 0 Å². The van der Waals surface area contributed by atoms with Crippen LogP contribution >= 0.6 is 0 Å². The predicted octanol–water partition coefficient (Wildman–Crippen LogP) is 2.30. The van der Waals surface area contributed by atoms with Gasteiger partial charge in [0, 0.05) is 45.1 Å². The minimum absolute atomic E-state index is 0.00467. The molecule has 2 saturated heterocycles. The summed E-state index contributed by atoms with van der Waals surface area (Å²) in [7, 11) is 0. The van der Waals surface area contributed by atoms with Crippen LogP contribution in [0.15, 0.2) is 23.4 Å². The van der Waals surface area contributed by atoms with Crippen molar-refractivity contribution in [1.29, 1.82) is 0 Å². The van der Waals surface area contributed by atoms with Crippen LogP contribution in [0.2, 0.25) is 0 Å². The summed E-state index contributed by atoms with van der Waals surface area (Å²) in [6.07, 6.45) is -6.76. The number of H-pyrrole nitrogens is 1. The summed E-state index contributed by atoms with van der Waals surface area (Å²) >= 11 is 0. The number of carbonyl (C=O) groups is 1. The van der Waals surface area contributed by atoms with Crippen molar-refractivity contribution in [2.75, 3.05) is 42.9 Å². The first-order valence-corrected chi connectivity index (χ1v) is 11.4. The van der Waals surface area contributed by atoms with Crippen molar-refractivity contribution in [1.82, 2.24) is 25.1 Å². The molecule has 37 heavy (non-hydrogen) atoms. The van der Waals surface area contributed by atoms with Crippen molar-refractivity contribution in [3.63, 3.8) is 0 Å². The number of ether oxygens (including phenoxy) is 1. The Balaban J connectivity index is 1.23. The van der Waals surface area contributed by atoms with Crippen LogP contribution in [0.3, 0.4) is 0 Å². The average Bonchev–Trinajstić information content (AvgIpc) is 3.28. The molecule has 2 aromatic heterocycles. The molecular weight excluding hydrogens is 512 g/mol. The average molecular weight is 535 g/mol. The third kappa shape index (κ3) is 6.47. The Morgan fingerprint density at radius 3 is 2.27 bits per heavy atom. The van der Waals surface area contributed by atoms with Crippen LogP contribution in [0.25, 0.3) is 0 Å². The van der Waals surface area contributed by atoms with E-state index in [9.17, 15) is 35.9 Å². The smallest absolute Gasteiger partial charge is 0.380 e. The maximum Gasteiger partial charge on any atom is 0.423 e. The van der Waals surface area contributed by atoms with Crippen molar-refractivity contribution in [3.05, 3.63) is 40.1 Å². The van der Waals surface area contributed by atoms with E-state index in [4.69, 9.17) is 4.74 Å². The maximum absolute atomic E-state index is 13.2. The Kier molecular flexibility index (Phi) is 7.57.